The molecule has 32 heavy (non-hydrogen) atoms. The van der Waals surface area contributed by atoms with E-state index in [1.165, 1.54) is 16.4 Å². The molecule has 0 bridgehead atoms. The second-order valence-electron chi connectivity index (χ2n) is 8.48. The fourth-order valence-electron chi connectivity index (χ4n) is 4.18. The van der Waals surface area contributed by atoms with Crippen molar-refractivity contribution >= 4 is 27.3 Å². The van der Waals surface area contributed by atoms with E-state index in [-0.39, 0.29) is 16.7 Å². The van der Waals surface area contributed by atoms with Crippen molar-refractivity contribution in [1.82, 2.24) is 0 Å². The third-order valence-corrected chi connectivity index (χ3v) is 7.77. The maximum Gasteiger partial charge on any atom is 0.264 e. The minimum absolute atomic E-state index is 0.185. The first-order valence-electron chi connectivity index (χ1n) is 10.9. The zero-order valence-corrected chi connectivity index (χ0v) is 19.4. The Kier molecular flexibility index (Phi) is 6.07. The average Bonchev–Trinajstić information content (AvgIpc) is 2.79. The van der Waals surface area contributed by atoms with Gasteiger partial charge in [0, 0.05) is 17.8 Å². The molecule has 1 aliphatic heterocycles. The molecule has 5 nitrogen and oxygen atoms in total. The van der Waals surface area contributed by atoms with Crippen LogP contribution in [0.5, 0.6) is 0 Å². The van der Waals surface area contributed by atoms with Crippen LogP contribution in [0.2, 0.25) is 0 Å². The van der Waals surface area contributed by atoms with E-state index >= 15 is 0 Å². The number of hydrogen-bond acceptors (Lipinski definition) is 3. The summed E-state index contributed by atoms with van der Waals surface area (Å²) in [5.41, 5.74) is 5.07. The Labute approximate surface area is 190 Å². The van der Waals surface area contributed by atoms with Gasteiger partial charge in [-0.05, 0) is 72.7 Å². The maximum absolute atomic E-state index is 13.3. The van der Waals surface area contributed by atoms with Crippen LogP contribution in [0.3, 0.4) is 0 Å². The number of nitrogens with one attached hydrogen (secondary N) is 1. The monoisotopic (exact) mass is 448 g/mol. The summed E-state index contributed by atoms with van der Waals surface area (Å²) in [5.74, 6) is 0.0126. The van der Waals surface area contributed by atoms with E-state index in [4.69, 9.17) is 0 Å². The molecule has 1 heterocycles. The van der Waals surface area contributed by atoms with Crippen LogP contribution < -0.4 is 9.62 Å². The Morgan fingerprint density at radius 2 is 1.69 bits per heavy atom. The number of para-hydroxylation sites is 2. The minimum atomic E-state index is -3.70. The zero-order chi connectivity index (χ0) is 22.9. The summed E-state index contributed by atoms with van der Waals surface area (Å²) in [7, 11) is -3.70. The highest BCUT2D eigenvalue weighted by Gasteiger charge is 2.29. The van der Waals surface area contributed by atoms with E-state index in [0.717, 1.165) is 40.9 Å². The van der Waals surface area contributed by atoms with Crippen molar-refractivity contribution in [2.24, 2.45) is 0 Å². The van der Waals surface area contributed by atoms with Gasteiger partial charge in [-0.25, -0.2) is 8.42 Å². The summed E-state index contributed by atoms with van der Waals surface area (Å²) in [5, 5.41) is 3.01. The largest absolute Gasteiger partial charge is 0.321 e. The molecule has 0 spiro atoms. The average molecular weight is 449 g/mol. The van der Waals surface area contributed by atoms with Gasteiger partial charge in [0.1, 0.15) is 0 Å². The van der Waals surface area contributed by atoms with Crippen LogP contribution in [0.1, 0.15) is 53.2 Å². The molecule has 0 unspecified atom stereocenters. The Morgan fingerprint density at radius 3 is 2.41 bits per heavy atom. The normalized spacial score (nSPS) is 13.7. The standard InChI is InChI=1S/C26H28N2O3S/c1-18(2)23-11-6-8-19(3)25(23)27-26(29)21-13-15-22(16-14-21)32(30,31)28-17-7-10-20-9-4-5-12-24(20)28/h4-6,8-9,11-16,18H,7,10,17H2,1-3H3,(H,27,29). The molecule has 1 amide bonds. The Hall–Kier alpha value is -3.12. The Bertz CT molecular complexity index is 1250. The first kappa shape index (κ1) is 22.1. The van der Waals surface area contributed by atoms with Crippen LogP contribution in [0.4, 0.5) is 11.4 Å². The lowest BCUT2D eigenvalue weighted by Gasteiger charge is -2.30. The van der Waals surface area contributed by atoms with Crippen molar-refractivity contribution in [3.8, 4) is 0 Å². The minimum Gasteiger partial charge on any atom is -0.321 e. The number of sulfonamides is 1. The van der Waals surface area contributed by atoms with Gasteiger partial charge < -0.3 is 5.32 Å². The third-order valence-electron chi connectivity index (χ3n) is 5.94. The second-order valence-corrected chi connectivity index (χ2v) is 10.3. The molecule has 1 N–H and O–H groups in total. The summed E-state index contributed by atoms with van der Waals surface area (Å²) in [6.07, 6.45) is 1.66. The molecule has 0 radical (unpaired) electrons. The van der Waals surface area contributed by atoms with E-state index < -0.39 is 10.0 Å². The highest BCUT2D eigenvalue weighted by molar-refractivity contribution is 7.92. The van der Waals surface area contributed by atoms with Gasteiger partial charge in [-0.15, -0.1) is 0 Å². The number of amides is 1. The number of rotatable bonds is 5. The first-order valence-corrected chi connectivity index (χ1v) is 12.3. The molecule has 0 saturated carbocycles. The molecular formula is C26H28N2O3S. The molecular weight excluding hydrogens is 420 g/mol. The van der Waals surface area contributed by atoms with Crippen molar-refractivity contribution in [2.45, 2.75) is 44.4 Å². The molecule has 6 heteroatoms. The Balaban J connectivity index is 1.59. The van der Waals surface area contributed by atoms with E-state index in [1.54, 1.807) is 12.1 Å². The summed E-state index contributed by atoms with van der Waals surface area (Å²) >= 11 is 0. The number of anilines is 2. The van der Waals surface area contributed by atoms with Crippen molar-refractivity contribution in [1.29, 1.82) is 0 Å². The molecule has 1 aliphatic rings. The molecule has 0 atom stereocenters. The lowest BCUT2D eigenvalue weighted by atomic mass is 9.98. The maximum atomic E-state index is 13.3. The summed E-state index contributed by atoms with van der Waals surface area (Å²) in [6.45, 7) is 6.59. The number of nitrogens with zero attached hydrogens (tertiary/aromatic N) is 1. The summed E-state index contributed by atoms with van der Waals surface area (Å²) in [6, 6.07) is 19.8. The van der Waals surface area contributed by atoms with E-state index in [0.29, 0.717) is 12.1 Å². The quantitative estimate of drug-likeness (QED) is 0.559. The zero-order valence-electron chi connectivity index (χ0n) is 18.6. The van der Waals surface area contributed by atoms with Gasteiger partial charge in [0.2, 0.25) is 0 Å². The fraction of sp³-hybridized carbons (Fsp3) is 0.269. The SMILES string of the molecule is Cc1cccc(C(C)C)c1NC(=O)c1ccc(S(=O)(=O)N2CCCc3ccccc32)cc1. The van der Waals surface area contributed by atoms with Gasteiger partial charge in [-0.1, -0.05) is 50.2 Å². The predicted molar refractivity (Wildman–Crippen MR) is 129 cm³/mol. The molecule has 4 rings (SSSR count). The van der Waals surface area contributed by atoms with Crippen LogP contribution in [-0.2, 0) is 16.4 Å². The lowest BCUT2D eigenvalue weighted by Crippen LogP contribution is -2.35. The number of hydrogen-bond donors (Lipinski definition) is 1. The third kappa shape index (κ3) is 4.15. The second kappa shape index (κ2) is 8.79. The van der Waals surface area contributed by atoms with Crippen LogP contribution >= 0.6 is 0 Å². The molecule has 3 aromatic rings. The molecule has 0 fully saturated rings. The smallest absolute Gasteiger partial charge is 0.264 e. The fourth-order valence-corrected chi connectivity index (χ4v) is 5.72. The Morgan fingerprint density at radius 1 is 0.969 bits per heavy atom. The summed E-state index contributed by atoms with van der Waals surface area (Å²) < 4.78 is 28.1. The van der Waals surface area contributed by atoms with Gasteiger partial charge in [0.05, 0.1) is 10.6 Å². The van der Waals surface area contributed by atoms with Crippen molar-refractivity contribution in [3.63, 3.8) is 0 Å². The van der Waals surface area contributed by atoms with Gasteiger partial charge in [0.15, 0.2) is 0 Å². The number of aryl methyl sites for hydroxylation is 2. The van der Waals surface area contributed by atoms with Crippen LogP contribution in [-0.4, -0.2) is 20.9 Å². The van der Waals surface area contributed by atoms with Crippen molar-refractivity contribution in [2.75, 3.05) is 16.2 Å². The number of carbonyl (C=O) groups excluding carboxylic acids is 1. The van der Waals surface area contributed by atoms with Crippen LogP contribution in [0.25, 0.3) is 0 Å². The van der Waals surface area contributed by atoms with Crippen LogP contribution in [0.15, 0.2) is 71.6 Å². The topological polar surface area (TPSA) is 66.5 Å². The van der Waals surface area contributed by atoms with E-state index in [2.05, 4.69) is 19.2 Å². The van der Waals surface area contributed by atoms with E-state index in [9.17, 15) is 13.2 Å². The van der Waals surface area contributed by atoms with Gasteiger partial charge in [0.25, 0.3) is 15.9 Å². The molecule has 0 aromatic heterocycles. The van der Waals surface area contributed by atoms with Gasteiger partial charge in [-0.2, -0.15) is 0 Å². The van der Waals surface area contributed by atoms with Crippen LogP contribution in [0, 0.1) is 6.92 Å². The highest BCUT2D eigenvalue weighted by atomic mass is 32.2. The van der Waals surface area contributed by atoms with E-state index in [1.807, 2.05) is 49.4 Å². The number of benzene rings is 3. The number of fused-ring (bicyclic) bond motifs is 1. The lowest BCUT2D eigenvalue weighted by molar-refractivity contribution is 0.102. The molecule has 3 aromatic carbocycles. The van der Waals surface area contributed by atoms with Gasteiger partial charge >= 0.3 is 0 Å². The predicted octanol–water partition coefficient (Wildman–Crippen LogP) is 5.51. The first-order chi connectivity index (χ1) is 15.3. The molecule has 0 aliphatic carbocycles. The number of carbonyl (C=O) groups is 1. The summed E-state index contributed by atoms with van der Waals surface area (Å²) in [4.78, 5) is 13.1. The van der Waals surface area contributed by atoms with Crippen molar-refractivity contribution < 1.29 is 13.2 Å². The highest BCUT2D eigenvalue weighted by Crippen LogP contribution is 2.32. The van der Waals surface area contributed by atoms with Gasteiger partial charge in [-0.3, -0.25) is 9.10 Å². The molecule has 0 saturated heterocycles. The molecule has 166 valence electrons. The van der Waals surface area contributed by atoms with Crippen molar-refractivity contribution in [3.05, 3.63) is 89.0 Å².